The average Bonchev–Trinajstić information content (AvgIpc) is 1.57. The minimum atomic E-state index is 0.608. The molecular formula is C114H74N10. The zero-order valence-electron chi connectivity index (χ0n) is 67.2. The van der Waals surface area contributed by atoms with Crippen LogP contribution >= 0.6 is 0 Å². The first-order valence-electron chi connectivity index (χ1n) is 41.9. The maximum Gasteiger partial charge on any atom is 0.164 e. The van der Waals surface area contributed by atoms with Gasteiger partial charge in [-0.15, -0.1) is 0 Å². The van der Waals surface area contributed by atoms with Crippen LogP contribution in [0.15, 0.2) is 449 Å². The van der Waals surface area contributed by atoms with Crippen molar-refractivity contribution in [2.45, 2.75) is 0 Å². The molecule has 0 spiro atoms. The van der Waals surface area contributed by atoms with Gasteiger partial charge in [-0.2, -0.15) is 0 Å². The highest BCUT2D eigenvalue weighted by Gasteiger charge is 2.24. The zero-order chi connectivity index (χ0) is 82.0. The van der Waals surface area contributed by atoms with E-state index in [2.05, 4.69) is 443 Å². The molecule has 0 radical (unpaired) electrons. The van der Waals surface area contributed by atoms with E-state index >= 15 is 0 Å². The quantitative estimate of drug-likeness (QED) is 0.108. The summed E-state index contributed by atoms with van der Waals surface area (Å²) >= 11 is 0. The minimum absolute atomic E-state index is 0.608. The SMILES string of the molecule is c1ccc(-c2ccc(-c3nc(-c4cccc(-c5ccccc5)c4)nc(-c4cccc(-n5c6ccccc6c6cc(-n7c8ccccc8c8ccccc87)ccc65)c4)n3)cc2)cc1.c1ccc(-c2ccc(-c3nc(-c4cccc(-n5c6ccccc6c6cc(-n7c8ccccc8c8ccccc87)ccc65)c4)nc(-c4ccccc4-c4ccccc4)n3)cc2)cc1. The molecule has 10 nitrogen and oxygen atoms in total. The predicted octanol–water partition coefficient (Wildman–Crippen LogP) is 28.8. The molecule has 10 heteroatoms. The van der Waals surface area contributed by atoms with Gasteiger partial charge in [0, 0.05) is 99.2 Å². The van der Waals surface area contributed by atoms with Gasteiger partial charge in [0.25, 0.3) is 0 Å². The van der Waals surface area contributed by atoms with Crippen molar-refractivity contribution in [1.82, 2.24) is 48.2 Å². The van der Waals surface area contributed by atoms with Crippen LogP contribution in [0.25, 0.3) is 223 Å². The van der Waals surface area contributed by atoms with Gasteiger partial charge in [-0.1, -0.05) is 346 Å². The molecule has 0 aliphatic heterocycles. The fourth-order valence-corrected chi connectivity index (χ4v) is 18.1. The van der Waals surface area contributed by atoms with Crippen LogP contribution < -0.4 is 0 Å². The van der Waals surface area contributed by atoms with E-state index in [1.165, 1.54) is 70.7 Å². The van der Waals surface area contributed by atoms with Crippen LogP contribution in [0.2, 0.25) is 0 Å². The number of fused-ring (bicyclic) bond motifs is 12. The van der Waals surface area contributed by atoms with Gasteiger partial charge >= 0.3 is 0 Å². The summed E-state index contributed by atoms with van der Waals surface area (Å²) in [5, 5.41) is 9.76. The number of para-hydroxylation sites is 6. The van der Waals surface area contributed by atoms with Gasteiger partial charge in [-0.25, -0.2) is 29.9 Å². The molecule has 0 saturated carbocycles. The highest BCUT2D eigenvalue weighted by molar-refractivity contribution is 6.14. The molecule has 124 heavy (non-hydrogen) atoms. The third-order valence-corrected chi connectivity index (χ3v) is 24.0. The Hall–Kier alpha value is -16.8. The Morgan fingerprint density at radius 2 is 0.355 bits per heavy atom. The van der Waals surface area contributed by atoms with E-state index in [0.29, 0.717) is 34.9 Å². The first kappa shape index (κ1) is 72.4. The summed E-state index contributed by atoms with van der Waals surface area (Å²) in [5.74, 6) is 3.70. The van der Waals surface area contributed by atoms with Crippen LogP contribution in [0, 0.1) is 0 Å². The largest absolute Gasteiger partial charge is 0.309 e. The van der Waals surface area contributed by atoms with Crippen LogP contribution in [0.4, 0.5) is 0 Å². The van der Waals surface area contributed by atoms with Gasteiger partial charge in [0.15, 0.2) is 34.9 Å². The molecule has 0 saturated heterocycles. The molecule has 0 bridgehead atoms. The first-order chi connectivity index (χ1) is 61.5. The number of hydrogen-bond acceptors (Lipinski definition) is 6. The molecule has 6 heterocycles. The van der Waals surface area contributed by atoms with E-state index in [9.17, 15) is 0 Å². The molecular weight excluding hydrogens is 1510 g/mol. The van der Waals surface area contributed by atoms with E-state index in [1.54, 1.807) is 0 Å². The number of benzene rings is 18. The molecule has 0 fully saturated rings. The van der Waals surface area contributed by atoms with E-state index in [1.807, 2.05) is 24.3 Å². The lowest BCUT2D eigenvalue weighted by atomic mass is 9.99. The maximum absolute atomic E-state index is 5.25. The molecule has 24 rings (SSSR count). The fourth-order valence-electron chi connectivity index (χ4n) is 18.1. The van der Waals surface area contributed by atoms with Crippen molar-refractivity contribution in [2.75, 3.05) is 0 Å². The Labute approximate surface area is 715 Å². The third kappa shape index (κ3) is 13.0. The van der Waals surface area contributed by atoms with Crippen LogP contribution in [-0.4, -0.2) is 48.2 Å². The monoisotopic (exact) mass is 1580 g/mol. The molecule has 6 aromatic heterocycles. The van der Waals surface area contributed by atoms with Crippen molar-refractivity contribution in [3.8, 4) is 136 Å². The second-order valence-corrected chi connectivity index (χ2v) is 31.3. The normalized spacial score (nSPS) is 11.5. The van der Waals surface area contributed by atoms with E-state index in [4.69, 9.17) is 29.9 Å². The van der Waals surface area contributed by atoms with Gasteiger partial charge in [0.05, 0.1) is 44.1 Å². The van der Waals surface area contributed by atoms with Crippen molar-refractivity contribution in [2.24, 2.45) is 0 Å². The van der Waals surface area contributed by atoms with Gasteiger partial charge in [-0.05, 0) is 148 Å². The number of aromatic nitrogens is 10. The molecule has 0 aliphatic carbocycles. The highest BCUT2D eigenvalue weighted by atomic mass is 15.1. The van der Waals surface area contributed by atoms with Gasteiger partial charge in [0.2, 0.25) is 0 Å². The van der Waals surface area contributed by atoms with Crippen molar-refractivity contribution in [3.05, 3.63) is 449 Å². The smallest absolute Gasteiger partial charge is 0.164 e. The standard InChI is InChI=1S/2C57H37N5/c1-3-15-38(16-4-1)40-29-31-41(32-30-40)55-58-56(43-20-13-19-42(35-43)39-17-5-2-6-18-39)60-57(59-55)44-21-14-22-45(36-44)61-53-28-12-9-25-49(53)50-37-46(33-34-54(50)61)62-51-26-10-7-23-47(51)48-24-8-11-27-52(48)62;1-3-16-38(17-4-1)39-30-32-41(33-31-39)55-58-56(60-57(59-55)49-26-8-7-22-45(49)40-18-5-2-6-19-40)42-20-15-21-43(36-42)61-53-29-14-11-25-48(53)50-37-44(34-35-54(50)61)62-51-27-12-9-23-46(51)47-24-10-13-28-52(47)62/h2*1-37H. The average molecular weight is 1580 g/mol. The first-order valence-corrected chi connectivity index (χ1v) is 41.9. The molecule has 24 aromatic rings. The molecule has 0 atom stereocenters. The summed E-state index contributed by atoms with van der Waals surface area (Å²) < 4.78 is 9.49. The summed E-state index contributed by atoms with van der Waals surface area (Å²) in [4.78, 5) is 31.2. The van der Waals surface area contributed by atoms with Crippen molar-refractivity contribution in [3.63, 3.8) is 0 Å². The number of rotatable bonds is 14. The number of hydrogen-bond donors (Lipinski definition) is 0. The Bertz CT molecular complexity index is 8110. The summed E-state index contributed by atoms with van der Waals surface area (Å²) in [5.41, 5.74) is 28.1. The van der Waals surface area contributed by atoms with E-state index in [-0.39, 0.29) is 0 Å². The Kier molecular flexibility index (Phi) is 18.0. The van der Waals surface area contributed by atoms with Gasteiger partial charge < -0.3 is 18.3 Å². The molecule has 0 amide bonds. The number of nitrogens with zero attached hydrogens (tertiary/aromatic N) is 10. The molecule has 0 N–H and O–H groups in total. The van der Waals surface area contributed by atoms with E-state index in [0.717, 1.165) is 117 Å². The van der Waals surface area contributed by atoms with Crippen LogP contribution in [0.5, 0.6) is 0 Å². The zero-order valence-corrected chi connectivity index (χ0v) is 67.2. The molecule has 0 unspecified atom stereocenters. The van der Waals surface area contributed by atoms with Gasteiger partial charge in [0.1, 0.15) is 0 Å². The Balaban J connectivity index is 0.000000143. The second-order valence-electron chi connectivity index (χ2n) is 31.3. The van der Waals surface area contributed by atoms with Crippen molar-refractivity contribution < 1.29 is 0 Å². The Morgan fingerprint density at radius 3 is 0.726 bits per heavy atom. The second kappa shape index (κ2) is 30.8. The summed E-state index contributed by atoms with van der Waals surface area (Å²) in [6.45, 7) is 0. The summed E-state index contributed by atoms with van der Waals surface area (Å²) in [6.07, 6.45) is 0. The van der Waals surface area contributed by atoms with E-state index < -0.39 is 0 Å². The third-order valence-electron chi connectivity index (χ3n) is 24.0. The predicted molar refractivity (Wildman–Crippen MR) is 511 cm³/mol. The minimum Gasteiger partial charge on any atom is -0.309 e. The van der Waals surface area contributed by atoms with Gasteiger partial charge in [-0.3, -0.25) is 0 Å². The Morgan fingerprint density at radius 1 is 0.121 bits per heavy atom. The topological polar surface area (TPSA) is 97.1 Å². The fraction of sp³-hybridized carbons (Fsp3) is 0. The van der Waals surface area contributed by atoms with Crippen molar-refractivity contribution >= 4 is 87.2 Å². The lowest BCUT2D eigenvalue weighted by Gasteiger charge is -2.13. The van der Waals surface area contributed by atoms with Crippen LogP contribution in [-0.2, 0) is 0 Å². The van der Waals surface area contributed by atoms with Crippen LogP contribution in [0.3, 0.4) is 0 Å². The summed E-state index contributed by atoms with van der Waals surface area (Å²) in [6, 6.07) is 158. The highest BCUT2D eigenvalue weighted by Crippen LogP contribution is 2.43. The molecule has 18 aromatic carbocycles. The van der Waals surface area contributed by atoms with Crippen molar-refractivity contribution in [1.29, 1.82) is 0 Å². The summed E-state index contributed by atoms with van der Waals surface area (Å²) in [7, 11) is 0. The lowest BCUT2D eigenvalue weighted by Crippen LogP contribution is -2.02. The molecule has 0 aliphatic rings. The maximum atomic E-state index is 5.25. The molecule has 580 valence electrons. The van der Waals surface area contributed by atoms with Crippen LogP contribution in [0.1, 0.15) is 0 Å². The lowest BCUT2D eigenvalue weighted by molar-refractivity contribution is 1.07.